The number of rotatable bonds is 4. The van der Waals surface area contributed by atoms with E-state index in [1.165, 1.54) is 11.0 Å². The molecule has 3 aliphatic carbocycles. The summed E-state index contributed by atoms with van der Waals surface area (Å²) < 4.78 is 15.7. The quantitative estimate of drug-likeness (QED) is 0.363. The van der Waals surface area contributed by atoms with E-state index in [1.807, 2.05) is 4.90 Å². The maximum atomic E-state index is 15.7. The van der Waals surface area contributed by atoms with Crippen LogP contribution in [0, 0.1) is 23.6 Å². The SMILES string of the molecule is CC1CN(Cc2cc(O)c3c(c2F)C[C@H]2C[C@H]4[C@H](N(C)C)C(O)=C(C(N)=O)C(=O)[C@@]4(O)C(O)=C2C3=O)C1. The highest BCUT2D eigenvalue weighted by Crippen LogP contribution is 2.52. The molecule has 0 radical (unpaired) electrons. The molecule has 1 aliphatic heterocycles. The summed E-state index contributed by atoms with van der Waals surface area (Å²) in [5, 5.41) is 44.3. The van der Waals surface area contributed by atoms with Gasteiger partial charge in [-0.15, -0.1) is 0 Å². The molecule has 0 unspecified atom stereocenters. The van der Waals surface area contributed by atoms with Crippen molar-refractivity contribution in [2.24, 2.45) is 23.5 Å². The van der Waals surface area contributed by atoms with Crippen molar-refractivity contribution >= 4 is 17.5 Å². The zero-order valence-corrected chi connectivity index (χ0v) is 20.8. The van der Waals surface area contributed by atoms with Crippen LogP contribution >= 0.6 is 0 Å². The van der Waals surface area contributed by atoms with Crippen molar-refractivity contribution in [3.05, 3.63) is 51.2 Å². The second-order valence-corrected chi connectivity index (χ2v) is 11.0. The van der Waals surface area contributed by atoms with Gasteiger partial charge in [0.05, 0.1) is 11.6 Å². The summed E-state index contributed by atoms with van der Waals surface area (Å²) in [6, 6.07) is 0.107. The van der Waals surface area contributed by atoms with Crippen molar-refractivity contribution in [3.8, 4) is 5.75 Å². The number of primary amides is 1. The number of Topliss-reactive ketones (excluding diaryl/α,β-unsaturated/α-hetero) is 2. The lowest BCUT2D eigenvalue weighted by molar-refractivity contribution is -0.148. The molecule has 1 heterocycles. The zero-order chi connectivity index (χ0) is 27.1. The Hall–Kier alpha value is -3.28. The number of phenols is 1. The Labute approximate surface area is 212 Å². The predicted octanol–water partition coefficient (Wildman–Crippen LogP) is 0.711. The molecule has 1 saturated heterocycles. The van der Waals surface area contributed by atoms with Crippen LogP contribution in [0.2, 0.25) is 0 Å². The summed E-state index contributed by atoms with van der Waals surface area (Å²) in [5.41, 5.74) is 1.38. The van der Waals surface area contributed by atoms with E-state index in [9.17, 15) is 34.8 Å². The molecular weight excluding hydrogens is 485 g/mol. The number of likely N-dealkylation sites (tertiary alicyclic amines) is 1. The molecule has 0 saturated carbocycles. The Bertz CT molecular complexity index is 1310. The maximum absolute atomic E-state index is 15.7. The number of amides is 1. The van der Waals surface area contributed by atoms with Crippen molar-refractivity contribution in [1.82, 2.24) is 9.80 Å². The molecule has 5 rings (SSSR count). The number of carbonyl (C=O) groups excluding carboxylic acids is 3. The van der Waals surface area contributed by atoms with Gasteiger partial charge in [-0.2, -0.15) is 0 Å². The van der Waals surface area contributed by atoms with Gasteiger partial charge in [-0.25, -0.2) is 4.39 Å². The van der Waals surface area contributed by atoms with E-state index in [1.54, 1.807) is 14.1 Å². The van der Waals surface area contributed by atoms with E-state index < -0.39 is 69.6 Å². The highest BCUT2D eigenvalue weighted by atomic mass is 19.1. The molecule has 37 heavy (non-hydrogen) atoms. The number of aliphatic hydroxyl groups is 3. The number of halogens is 1. The van der Waals surface area contributed by atoms with Gasteiger partial charge in [0.1, 0.15) is 28.7 Å². The number of carbonyl (C=O) groups is 3. The number of ketones is 2. The van der Waals surface area contributed by atoms with Gasteiger partial charge >= 0.3 is 0 Å². The number of benzene rings is 1. The molecule has 4 atom stereocenters. The van der Waals surface area contributed by atoms with Crippen LogP contribution in [0.4, 0.5) is 4.39 Å². The molecule has 1 aromatic carbocycles. The largest absolute Gasteiger partial charge is 0.510 e. The Morgan fingerprint density at radius 2 is 1.89 bits per heavy atom. The van der Waals surface area contributed by atoms with E-state index in [2.05, 4.69) is 6.92 Å². The van der Waals surface area contributed by atoms with Crippen LogP contribution in [0.3, 0.4) is 0 Å². The first-order valence-electron chi connectivity index (χ1n) is 12.2. The molecule has 198 valence electrons. The van der Waals surface area contributed by atoms with Crippen LogP contribution in [-0.4, -0.2) is 86.5 Å². The Balaban J connectivity index is 1.63. The topological polar surface area (TPSA) is 165 Å². The number of aliphatic hydroxyl groups excluding tert-OH is 2. The number of hydrogen-bond acceptors (Lipinski definition) is 9. The number of likely N-dealkylation sites (N-methyl/N-ethyl adjacent to an activating group) is 1. The monoisotopic (exact) mass is 515 g/mol. The van der Waals surface area contributed by atoms with Crippen LogP contribution in [0.5, 0.6) is 5.75 Å². The number of fused-ring (bicyclic) bond motifs is 3. The molecule has 0 aromatic heterocycles. The van der Waals surface area contributed by atoms with Crippen molar-refractivity contribution < 1.29 is 39.2 Å². The van der Waals surface area contributed by atoms with Crippen LogP contribution in [-0.2, 0) is 22.6 Å². The molecule has 1 fully saturated rings. The van der Waals surface area contributed by atoms with Crippen LogP contribution in [0.1, 0.15) is 34.8 Å². The minimum absolute atomic E-state index is 0.0155. The van der Waals surface area contributed by atoms with E-state index in [-0.39, 0.29) is 41.6 Å². The summed E-state index contributed by atoms with van der Waals surface area (Å²) in [6.45, 7) is 3.95. The third kappa shape index (κ3) is 3.44. The predicted molar refractivity (Wildman–Crippen MR) is 128 cm³/mol. The Morgan fingerprint density at radius 1 is 1.24 bits per heavy atom. The number of nitrogens with two attached hydrogens (primary N) is 1. The lowest BCUT2D eigenvalue weighted by Gasteiger charge is -2.50. The third-order valence-corrected chi connectivity index (χ3v) is 8.26. The van der Waals surface area contributed by atoms with E-state index in [0.717, 1.165) is 13.1 Å². The summed E-state index contributed by atoms with van der Waals surface area (Å²) in [6.07, 6.45) is -0.155. The number of phenolic OH excluding ortho intramolecular Hbond substituents is 1. The van der Waals surface area contributed by atoms with Gasteiger partial charge < -0.3 is 26.2 Å². The van der Waals surface area contributed by atoms with Crippen molar-refractivity contribution in [1.29, 1.82) is 0 Å². The van der Waals surface area contributed by atoms with Crippen molar-refractivity contribution in [3.63, 3.8) is 0 Å². The maximum Gasteiger partial charge on any atom is 0.255 e. The average Bonchev–Trinajstić information content (AvgIpc) is 2.77. The number of hydrogen-bond donors (Lipinski definition) is 5. The second-order valence-electron chi connectivity index (χ2n) is 11.0. The van der Waals surface area contributed by atoms with Gasteiger partial charge in [0, 0.05) is 42.3 Å². The molecule has 10 nitrogen and oxygen atoms in total. The lowest BCUT2D eigenvalue weighted by atomic mass is 9.58. The fourth-order valence-corrected chi connectivity index (χ4v) is 6.67. The molecule has 1 amide bonds. The molecule has 0 spiro atoms. The molecule has 0 bridgehead atoms. The second kappa shape index (κ2) is 8.37. The molecule has 11 heteroatoms. The van der Waals surface area contributed by atoms with Gasteiger partial charge in [-0.3, -0.25) is 24.2 Å². The first-order chi connectivity index (χ1) is 17.3. The summed E-state index contributed by atoms with van der Waals surface area (Å²) in [5.74, 6) is -7.63. The normalized spacial score (nSPS) is 30.3. The van der Waals surface area contributed by atoms with Crippen molar-refractivity contribution in [2.75, 3.05) is 27.2 Å². The van der Waals surface area contributed by atoms with E-state index in [0.29, 0.717) is 5.92 Å². The summed E-state index contributed by atoms with van der Waals surface area (Å²) >= 11 is 0. The molecular formula is C26H30FN3O7. The molecule has 1 aromatic rings. The lowest BCUT2D eigenvalue weighted by Crippen LogP contribution is -2.63. The first-order valence-corrected chi connectivity index (χ1v) is 12.2. The highest BCUT2D eigenvalue weighted by Gasteiger charge is 2.63. The van der Waals surface area contributed by atoms with Gasteiger partial charge in [-0.1, -0.05) is 6.92 Å². The molecule has 4 aliphatic rings. The fraction of sp³-hybridized carbons (Fsp3) is 0.500. The van der Waals surface area contributed by atoms with Gasteiger partial charge in [0.25, 0.3) is 5.91 Å². The van der Waals surface area contributed by atoms with Crippen LogP contribution in [0.25, 0.3) is 0 Å². The summed E-state index contributed by atoms with van der Waals surface area (Å²) in [7, 11) is 3.10. The van der Waals surface area contributed by atoms with Crippen LogP contribution < -0.4 is 5.73 Å². The van der Waals surface area contributed by atoms with Crippen molar-refractivity contribution in [2.45, 2.75) is 38.0 Å². The van der Waals surface area contributed by atoms with Gasteiger partial charge in [0.2, 0.25) is 5.78 Å². The number of aromatic hydroxyl groups is 1. The molecule has 6 N–H and O–H groups in total. The zero-order valence-electron chi connectivity index (χ0n) is 20.8. The van der Waals surface area contributed by atoms with E-state index in [4.69, 9.17) is 5.73 Å². The average molecular weight is 516 g/mol. The standard InChI is InChI=1S/C26H30FN3O7/c1-10-7-30(8-10)9-12-6-15(31)17-13(19(12)27)4-11-5-14-20(29(2)3)22(33)18(25(28)36)24(35)26(14,37)23(34)16(11)21(17)32/h6,10-11,14,20,31,33-34,37H,4-5,7-9H2,1-3H3,(H2,28,36)/t11-,14-,20-,26-/m0/s1. The minimum atomic E-state index is -2.72. The third-order valence-electron chi connectivity index (χ3n) is 8.26. The van der Waals surface area contributed by atoms with Gasteiger partial charge in [0.15, 0.2) is 11.4 Å². The van der Waals surface area contributed by atoms with E-state index >= 15 is 4.39 Å². The smallest absolute Gasteiger partial charge is 0.255 e. The highest BCUT2D eigenvalue weighted by molar-refractivity contribution is 6.24. The fourth-order valence-electron chi connectivity index (χ4n) is 6.67. The first kappa shape index (κ1) is 25.4. The summed E-state index contributed by atoms with van der Waals surface area (Å²) in [4.78, 5) is 42.3. The Morgan fingerprint density at radius 3 is 2.46 bits per heavy atom. The minimum Gasteiger partial charge on any atom is -0.510 e. The number of nitrogens with zero attached hydrogens (tertiary/aromatic N) is 2. The number of allylic oxidation sites excluding steroid dienone is 1. The van der Waals surface area contributed by atoms with Gasteiger partial charge in [-0.05, 0) is 44.8 Å². The Kier molecular flexibility index (Phi) is 5.74. The van der Waals surface area contributed by atoms with Crippen LogP contribution in [0.15, 0.2) is 28.7 Å².